The van der Waals surface area contributed by atoms with Crippen molar-refractivity contribution in [2.24, 2.45) is 7.05 Å². The molecule has 0 aliphatic heterocycles. The van der Waals surface area contributed by atoms with E-state index in [2.05, 4.69) is 5.10 Å². The lowest BCUT2D eigenvalue weighted by atomic mass is 10.3. The van der Waals surface area contributed by atoms with Crippen LogP contribution in [0.5, 0.6) is 11.6 Å². The van der Waals surface area contributed by atoms with Gasteiger partial charge in [0.25, 0.3) is 5.88 Å². The molecule has 8 nitrogen and oxygen atoms in total. The number of nitrogens with zero attached hydrogens (tertiary/aromatic N) is 3. The first kappa shape index (κ1) is 15.8. The minimum Gasteiger partial charge on any atom is -0.462 e. The van der Waals surface area contributed by atoms with E-state index in [-0.39, 0.29) is 34.5 Å². The van der Waals surface area contributed by atoms with Crippen LogP contribution in [0.15, 0.2) is 24.4 Å². The topological polar surface area (TPSA) is 96.5 Å². The van der Waals surface area contributed by atoms with Gasteiger partial charge in [0, 0.05) is 30.4 Å². The fourth-order valence-electron chi connectivity index (χ4n) is 1.72. The van der Waals surface area contributed by atoms with Gasteiger partial charge in [0.15, 0.2) is 0 Å². The molecule has 116 valence electrons. The van der Waals surface area contributed by atoms with Crippen molar-refractivity contribution in [1.29, 1.82) is 0 Å². The van der Waals surface area contributed by atoms with Crippen LogP contribution in [-0.4, -0.2) is 27.3 Å². The van der Waals surface area contributed by atoms with Crippen LogP contribution < -0.4 is 4.74 Å². The van der Waals surface area contributed by atoms with Gasteiger partial charge in [-0.15, -0.1) is 5.10 Å². The van der Waals surface area contributed by atoms with Gasteiger partial charge in [-0.2, -0.15) is 0 Å². The number of aromatic nitrogens is 2. The average molecular weight is 326 g/mol. The third kappa shape index (κ3) is 3.34. The molecule has 0 amide bonds. The third-order valence-corrected chi connectivity index (χ3v) is 2.85. The number of carbonyl (C=O) groups excluding carboxylic acids is 1. The molecule has 1 heterocycles. The molecule has 0 N–H and O–H groups in total. The highest BCUT2D eigenvalue weighted by molar-refractivity contribution is 6.30. The third-order valence-electron chi connectivity index (χ3n) is 2.62. The zero-order valence-electron chi connectivity index (χ0n) is 11.8. The van der Waals surface area contributed by atoms with E-state index in [0.717, 1.165) is 0 Å². The summed E-state index contributed by atoms with van der Waals surface area (Å²) in [7, 11) is 1.59. The van der Waals surface area contributed by atoms with Crippen LogP contribution >= 0.6 is 11.6 Å². The number of hydrogen-bond acceptors (Lipinski definition) is 6. The lowest BCUT2D eigenvalue weighted by Gasteiger charge is -2.06. The number of benzene rings is 1. The molecule has 9 heteroatoms. The second-order valence-electron chi connectivity index (χ2n) is 4.21. The molecule has 0 bridgehead atoms. The van der Waals surface area contributed by atoms with Gasteiger partial charge in [-0.05, 0) is 13.0 Å². The zero-order valence-corrected chi connectivity index (χ0v) is 12.5. The Morgan fingerprint density at radius 3 is 2.86 bits per heavy atom. The van der Waals surface area contributed by atoms with Crippen molar-refractivity contribution in [3.8, 4) is 11.6 Å². The maximum Gasteiger partial charge on any atom is 0.345 e. The van der Waals surface area contributed by atoms with Gasteiger partial charge in [0.05, 0.1) is 11.5 Å². The molecule has 0 aliphatic rings. The van der Waals surface area contributed by atoms with Crippen LogP contribution in [0.3, 0.4) is 0 Å². The van der Waals surface area contributed by atoms with Crippen LogP contribution in [0.25, 0.3) is 0 Å². The Morgan fingerprint density at radius 2 is 2.23 bits per heavy atom. The van der Waals surface area contributed by atoms with Crippen molar-refractivity contribution < 1.29 is 19.2 Å². The van der Waals surface area contributed by atoms with E-state index in [1.165, 1.54) is 29.1 Å². The Hall–Kier alpha value is -2.61. The monoisotopic (exact) mass is 325 g/mol. The van der Waals surface area contributed by atoms with E-state index in [9.17, 15) is 14.9 Å². The van der Waals surface area contributed by atoms with Crippen molar-refractivity contribution >= 4 is 23.3 Å². The predicted molar refractivity (Wildman–Crippen MR) is 77.3 cm³/mol. The lowest BCUT2D eigenvalue weighted by Crippen LogP contribution is -2.05. The summed E-state index contributed by atoms with van der Waals surface area (Å²) in [4.78, 5) is 22.2. The highest BCUT2D eigenvalue weighted by Gasteiger charge is 2.23. The molecule has 0 fully saturated rings. The quantitative estimate of drug-likeness (QED) is 0.476. The van der Waals surface area contributed by atoms with Gasteiger partial charge in [-0.3, -0.25) is 14.8 Å². The smallest absolute Gasteiger partial charge is 0.345 e. The van der Waals surface area contributed by atoms with Crippen LogP contribution in [0, 0.1) is 10.1 Å². The number of ether oxygens (including phenoxy) is 2. The van der Waals surface area contributed by atoms with E-state index in [1.807, 2.05) is 0 Å². The highest BCUT2D eigenvalue weighted by Crippen LogP contribution is 2.34. The summed E-state index contributed by atoms with van der Waals surface area (Å²) in [5, 5.41) is 15.2. The van der Waals surface area contributed by atoms with Gasteiger partial charge in [-0.1, -0.05) is 11.6 Å². The SMILES string of the molecule is CCOC(=O)c1cn(C)nc1Oc1cc(Cl)ccc1[N+](=O)[O-]. The molecule has 1 aromatic carbocycles. The van der Waals surface area contributed by atoms with Crippen molar-refractivity contribution in [1.82, 2.24) is 9.78 Å². The number of halogens is 1. The van der Waals surface area contributed by atoms with Crippen LogP contribution in [0.2, 0.25) is 5.02 Å². The van der Waals surface area contributed by atoms with Crippen LogP contribution in [0.4, 0.5) is 5.69 Å². The van der Waals surface area contributed by atoms with Gasteiger partial charge in [0.2, 0.25) is 5.75 Å². The molecule has 2 aromatic rings. The molecule has 0 aliphatic carbocycles. The molecular formula is C13H12ClN3O5. The summed E-state index contributed by atoms with van der Waals surface area (Å²) in [6.45, 7) is 1.85. The number of esters is 1. The first-order valence-electron chi connectivity index (χ1n) is 6.25. The first-order chi connectivity index (χ1) is 10.4. The Kier molecular flexibility index (Phi) is 4.62. The van der Waals surface area contributed by atoms with Gasteiger partial charge in [-0.25, -0.2) is 4.79 Å². The Balaban J connectivity index is 2.41. The minimum atomic E-state index is -0.629. The van der Waals surface area contributed by atoms with E-state index >= 15 is 0 Å². The number of nitro groups is 1. The molecule has 2 rings (SSSR count). The molecule has 0 saturated carbocycles. The second kappa shape index (κ2) is 6.44. The number of nitro benzene ring substituents is 1. The van der Waals surface area contributed by atoms with Crippen molar-refractivity contribution in [2.75, 3.05) is 6.61 Å². The summed E-state index contributed by atoms with van der Waals surface area (Å²) in [5.74, 6) is -0.830. The zero-order chi connectivity index (χ0) is 16.3. The normalized spacial score (nSPS) is 10.3. The molecule has 0 radical (unpaired) electrons. The van der Waals surface area contributed by atoms with E-state index in [1.54, 1.807) is 14.0 Å². The fraction of sp³-hybridized carbons (Fsp3) is 0.231. The van der Waals surface area contributed by atoms with E-state index < -0.39 is 10.9 Å². The van der Waals surface area contributed by atoms with E-state index in [0.29, 0.717) is 0 Å². The maximum atomic E-state index is 11.8. The Bertz CT molecular complexity index is 728. The summed E-state index contributed by atoms with van der Waals surface area (Å²) < 4.78 is 11.6. The molecule has 1 aromatic heterocycles. The van der Waals surface area contributed by atoms with Gasteiger partial charge in [0.1, 0.15) is 5.56 Å². The number of aryl methyl sites for hydroxylation is 1. The Morgan fingerprint density at radius 1 is 1.50 bits per heavy atom. The largest absolute Gasteiger partial charge is 0.462 e. The van der Waals surface area contributed by atoms with Crippen molar-refractivity contribution in [3.63, 3.8) is 0 Å². The summed E-state index contributed by atoms with van der Waals surface area (Å²) >= 11 is 5.83. The molecule has 0 saturated heterocycles. The maximum absolute atomic E-state index is 11.8. The van der Waals surface area contributed by atoms with E-state index in [4.69, 9.17) is 21.1 Å². The summed E-state index contributed by atoms with van der Waals surface area (Å²) in [6, 6.07) is 3.87. The van der Waals surface area contributed by atoms with Crippen LogP contribution in [0.1, 0.15) is 17.3 Å². The molecule has 0 unspecified atom stereocenters. The Labute approximate surface area is 130 Å². The lowest BCUT2D eigenvalue weighted by molar-refractivity contribution is -0.385. The molecule has 0 atom stereocenters. The number of rotatable bonds is 5. The highest BCUT2D eigenvalue weighted by atomic mass is 35.5. The molecular weight excluding hydrogens is 314 g/mol. The van der Waals surface area contributed by atoms with Gasteiger partial charge < -0.3 is 9.47 Å². The molecule has 0 spiro atoms. The van der Waals surface area contributed by atoms with Crippen molar-refractivity contribution in [3.05, 3.63) is 45.1 Å². The number of carbonyl (C=O) groups is 1. The minimum absolute atomic E-state index is 0.0682. The molecule has 22 heavy (non-hydrogen) atoms. The first-order valence-corrected chi connectivity index (χ1v) is 6.62. The summed E-state index contributed by atoms with van der Waals surface area (Å²) in [6.07, 6.45) is 1.41. The second-order valence-corrected chi connectivity index (χ2v) is 4.65. The summed E-state index contributed by atoms with van der Waals surface area (Å²) in [5.41, 5.74) is -0.219. The van der Waals surface area contributed by atoms with Crippen molar-refractivity contribution in [2.45, 2.75) is 6.92 Å². The number of hydrogen-bond donors (Lipinski definition) is 0. The fourth-order valence-corrected chi connectivity index (χ4v) is 1.88. The average Bonchev–Trinajstić information content (AvgIpc) is 2.79. The van der Waals surface area contributed by atoms with Gasteiger partial charge >= 0.3 is 11.7 Å². The van der Waals surface area contributed by atoms with Crippen LogP contribution in [-0.2, 0) is 11.8 Å². The standard InChI is InChI=1S/C13H12ClN3O5/c1-3-21-13(18)9-7-16(2)15-12(9)22-11-6-8(14)4-5-10(11)17(19)20/h4-7H,3H2,1-2H3. The predicted octanol–water partition coefficient (Wildman–Crippen LogP) is 2.95.